The van der Waals surface area contributed by atoms with E-state index in [1.165, 1.54) is 72.0 Å². The zero-order valence-corrected chi connectivity index (χ0v) is 32.2. The van der Waals surface area contributed by atoms with Gasteiger partial charge >= 0.3 is 6.28 Å². The van der Waals surface area contributed by atoms with E-state index in [1.54, 1.807) is 0 Å². The van der Waals surface area contributed by atoms with Crippen molar-refractivity contribution in [1.29, 1.82) is 0 Å². The smallest absolute Gasteiger partial charge is 0.355 e. The quantitative estimate of drug-likeness (QED) is 0.130. The summed E-state index contributed by atoms with van der Waals surface area (Å²) < 4.78 is 2.55. The maximum atomic E-state index is 2.55. The lowest BCUT2D eigenvalue weighted by Crippen LogP contribution is -2.70. The second-order valence-corrected chi connectivity index (χ2v) is 16.6. The van der Waals surface area contributed by atoms with Crippen molar-refractivity contribution in [3.8, 4) is 22.3 Å². The van der Waals surface area contributed by atoms with Crippen molar-refractivity contribution in [2.45, 2.75) is 119 Å². The standard InChI is InChI=1S/C47H58BN/c1-29(2)35-25-39(31(5)6)45(40(26-35)32(7)8)37-19-18-20-38(46-41(33(9)10)27-36(30(3)4)28-42(46)34(11)12)47(37)48(49-23-16-13-17-24-49)43-21-14-15-22-44(43)48/h13-34H,1-12H3. The molecule has 0 unspecified atom stereocenters. The molecular weight excluding hydrogens is 589 g/mol. The van der Waals surface area contributed by atoms with Crippen LogP contribution in [0.1, 0.15) is 152 Å². The third-order valence-corrected chi connectivity index (χ3v) is 11.3. The molecule has 1 nitrogen and oxygen atoms in total. The second kappa shape index (κ2) is 13.4. The van der Waals surface area contributed by atoms with Gasteiger partial charge in [-0.05, 0) is 103 Å². The fraction of sp³-hybridized carbons (Fsp3) is 0.383. The molecule has 49 heavy (non-hydrogen) atoms. The largest absolute Gasteiger partial charge is 0.415 e. The van der Waals surface area contributed by atoms with E-state index in [0.29, 0.717) is 35.5 Å². The fourth-order valence-corrected chi connectivity index (χ4v) is 8.59. The van der Waals surface area contributed by atoms with Crippen LogP contribution < -0.4 is 20.9 Å². The Hall–Kier alpha value is -3.91. The minimum absolute atomic E-state index is 0.389. The van der Waals surface area contributed by atoms with Gasteiger partial charge in [0.05, 0.1) is 0 Å². The van der Waals surface area contributed by atoms with Crippen molar-refractivity contribution in [2.75, 3.05) is 0 Å². The minimum atomic E-state index is -1.39. The van der Waals surface area contributed by atoms with Crippen molar-refractivity contribution >= 4 is 22.7 Å². The summed E-state index contributed by atoms with van der Waals surface area (Å²) in [5, 5.41) is 0. The molecule has 1 aliphatic rings. The zero-order chi connectivity index (χ0) is 35.4. The predicted molar refractivity (Wildman–Crippen MR) is 215 cm³/mol. The summed E-state index contributed by atoms with van der Waals surface area (Å²) in [7, 11) is 0. The summed E-state index contributed by atoms with van der Waals surface area (Å²) in [5.74, 6) is 2.50. The number of rotatable bonds is 10. The van der Waals surface area contributed by atoms with E-state index in [9.17, 15) is 0 Å². The maximum Gasteiger partial charge on any atom is 0.355 e. The second-order valence-electron chi connectivity index (χ2n) is 16.6. The van der Waals surface area contributed by atoms with Gasteiger partial charge in [-0.25, -0.2) is 0 Å². The van der Waals surface area contributed by atoms with E-state index in [1.807, 2.05) is 0 Å². The van der Waals surface area contributed by atoms with Gasteiger partial charge in [-0.2, -0.15) is 10.9 Å². The van der Waals surface area contributed by atoms with Gasteiger partial charge in [-0.15, -0.1) is 5.46 Å². The van der Waals surface area contributed by atoms with E-state index in [-0.39, 0.29) is 0 Å². The molecule has 2 heteroatoms. The summed E-state index contributed by atoms with van der Waals surface area (Å²) >= 11 is 0. The number of hydrogen-bond acceptors (Lipinski definition) is 0. The lowest BCUT2D eigenvalue weighted by molar-refractivity contribution is -0.536. The van der Waals surface area contributed by atoms with Gasteiger partial charge in [0.1, 0.15) is 12.4 Å². The summed E-state index contributed by atoms with van der Waals surface area (Å²) in [6.45, 7) is 28.4. The highest BCUT2D eigenvalue weighted by atomic mass is 14.9. The van der Waals surface area contributed by atoms with Crippen molar-refractivity contribution < 1.29 is 4.48 Å². The molecule has 5 aromatic rings. The van der Waals surface area contributed by atoms with E-state index in [4.69, 9.17) is 0 Å². The van der Waals surface area contributed by atoms with Crippen LogP contribution >= 0.6 is 0 Å². The van der Waals surface area contributed by atoms with E-state index in [0.717, 1.165) is 0 Å². The molecule has 0 amide bonds. The molecule has 0 radical (unpaired) electrons. The molecule has 6 rings (SSSR count). The van der Waals surface area contributed by atoms with Crippen molar-refractivity contribution in [3.05, 3.63) is 131 Å². The van der Waals surface area contributed by atoms with Crippen LogP contribution in [0.4, 0.5) is 0 Å². The molecular formula is C47H58BN. The molecule has 1 aliphatic heterocycles. The summed E-state index contributed by atoms with van der Waals surface area (Å²) in [6.07, 6.45) is 3.23. The van der Waals surface area contributed by atoms with Crippen LogP contribution in [-0.2, 0) is 0 Å². The molecule has 254 valence electrons. The van der Waals surface area contributed by atoms with Gasteiger partial charge in [0, 0.05) is 0 Å². The van der Waals surface area contributed by atoms with Crippen LogP contribution in [0.25, 0.3) is 22.3 Å². The average Bonchev–Trinajstić information content (AvgIpc) is 3.76. The number of aromatic nitrogens is 1. The van der Waals surface area contributed by atoms with Crippen LogP contribution in [-0.4, -0.2) is 6.28 Å². The van der Waals surface area contributed by atoms with Gasteiger partial charge in [-0.1, -0.05) is 156 Å². The lowest BCUT2D eigenvalue weighted by atomic mass is 9.39. The summed E-state index contributed by atoms with van der Waals surface area (Å²) in [6, 6.07) is 33.2. The Morgan fingerprint density at radius 2 is 0.776 bits per heavy atom. The van der Waals surface area contributed by atoms with Crippen molar-refractivity contribution in [3.63, 3.8) is 0 Å². The normalized spacial score (nSPS) is 13.8. The molecule has 2 heterocycles. The Labute approximate surface area is 297 Å². The van der Waals surface area contributed by atoms with Crippen molar-refractivity contribution in [2.24, 2.45) is 0 Å². The first-order chi connectivity index (χ1) is 23.3. The molecule has 0 saturated carbocycles. The van der Waals surface area contributed by atoms with Gasteiger partial charge in [0.25, 0.3) is 0 Å². The Balaban J connectivity index is 1.86. The highest BCUT2D eigenvalue weighted by Gasteiger charge is 2.57. The number of benzene rings is 4. The summed E-state index contributed by atoms with van der Waals surface area (Å²) in [4.78, 5) is 0. The van der Waals surface area contributed by atoms with Crippen LogP contribution in [0.3, 0.4) is 0 Å². The van der Waals surface area contributed by atoms with Gasteiger partial charge in [-0.3, -0.25) is 0 Å². The third kappa shape index (κ3) is 5.90. The first-order valence-corrected chi connectivity index (χ1v) is 19.0. The minimum Gasteiger partial charge on any atom is -0.415 e. The molecule has 0 atom stereocenters. The predicted octanol–water partition coefficient (Wildman–Crippen LogP) is 10.9. The summed E-state index contributed by atoms with van der Waals surface area (Å²) in [5.41, 5.74) is 18.8. The first-order valence-electron chi connectivity index (χ1n) is 19.0. The lowest BCUT2D eigenvalue weighted by Gasteiger charge is -2.33. The molecule has 1 aromatic heterocycles. The topological polar surface area (TPSA) is 3.88 Å². The van der Waals surface area contributed by atoms with Crippen LogP contribution in [0.15, 0.2) is 97.3 Å². The van der Waals surface area contributed by atoms with E-state index in [2.05, 4.69) is 185 Å². The number of pyridine rings is 1. The molecule has 0 N–H and O–H groups in total. The molecule has 0 saturated heterocycles. The van der Waals surface area contributed by atoms with Gasteiger partial charge in [0.15, 0.2) is 0 Å². The van der Waals surface area contributed by atoms with E-state index < -0.39 is 6.28 Å². The van der Waals surface area contributed by atoms with Gasteiger partial charge in [0.2, 0.25) is 0 Å². The van der Waals surface area contributed by atoms with Crippen molar-refractivity contribution in [1.82, 2.24) is 0 Å². The Morgan fingerprint density at radius 1 is 0.408 bits per heavy atom. The Kier molecular flexibility index (Phi) is 9.57. The fourth-order valence-electron chi connectivity index (χ4n) is 8.59. The average molecular weight is 648 g/mol. The number of fused-ring (bicyclic) bond motifs is 1. The number of hydrogen-bond donors (Lipinski definition) is 0. The van der Waals surface area contributed by atoms with Gasteiger partial charge < -0.3 is 4.48 Å². The highest BCUT2D eigenvalue weighted by Crippen LogP contribution is 2.44. The molecule has 4 aromatic carbocycles. The Bertz CT molecular complexity index is 1800. The Morgan fingerprint density at radius 3 is 1.10 bits per heavy atom. The molecule has 0 spiro atoms. The van der Waals surface area contributed by atoms with Crippen LogP contribution in [0.2, 0.25) is 0 Å². The monoisotopic (exact) mass is 647 g/mol. The molecule has 0 aliphatic carbocycles. The number of nitrogens with zero attached hydrogens (tertiary/aromatic N) is 1. The molecule has 0 fully saturated rings. The SMILES string of the molecule is CC(C)c1cc(C(C)C)c(-c2cccc(-c3c(C(C)C)cc(C(C)C)cc3C(C)C)c2[B-]2([n+]3ccccc3)c3ccccc32)c(C(C)C)c1. The third-order valence-electron chi connectivity index (χ3n) is 11.3. The first kappa shape index (κ1) is 34.9. The van der Waals surface area contributed by atoms with Crippen LogP contribution in [0.5, 0.6) is 0 Å². The van der Waals surface area contributed by atoms with Crippen LogP contribution in [0, 0.1) is 0 Å². The highest BCUT2D eigenvalue weighted by molar-refractivity contribution is 7.20. The molecule has 0 bridgehead atoms. The maximum absolute atomic E-state index is 2.55. The zero-order valence-electron chi connectivity index (χ0n) is 32.2. The van der Waals surface area contributed by atoms with E-state index >= 15 is 0 Å².